The molecular formula is C22H17N3O3. The number of hydrogen-bond donors (Lipinski definition) is 1. The van der Waals surface area contributed by atoms with Crippen LogP contribution in [0.4, 0.5) is 11.4 Å². The molecule has 0 unspecified atom stereocenters. The van der Waals surface area contributed by atoms with Crippen molar-refractivity contribution in [1.29, 1.82) is 5.26 Å². The Labute approximate surface area is 161 Å². The normalized spacial score (nSPS) is 11.1. The number of nitro groups is 1. The van der Waals surface area contributed by atoms with E-state index >= 15 is 0 Å². The van der Waals surface area contributed by atoms with E-state index in [0.29, 0.717) is 23.2 Å². The van der Waals surface area contributed by atoms with Crippen molar-refractivity contribution in [3.05, 3.63) is 87.5 Å². The topological polar surface area (TPSA) is 96.0 Å². The van der Waals surface area contributed by atoms with Gasteiger partial charge in [0.1, 0.15) is 11.6 Å². The summed E-state index contributed by atoms with van der Waals surface area (Å²) < 4.78 is 0. The second-order valence-electron chi connectivity index (χ2n) is 6.15. The summed E-state index contributed by atoms with van der Waals surface area (Å²) in [7, 11) is 0. The molecule has 0 heterocycles. The number of benzene rings is 3. The van der Waals surface area contributed by atoms with Crippen LogP contribution in [0.2, 0.25) is 0 Å². The van der Waals surface area contributed by atoms with Crippen LogP contribution in [-0.4, -0.2) is 10.8 Å². The van der Waals surface area contributed by atoms with E-state index in [1.807, 2.05) is 49.4 Å². The molecule has 0 saturated carbocycles. The van der Waals surface area contributed by atoms with Crippen LogP contribution in [0.5, 0.6) is 0 Å². The smallest absolute Gasteiger partial charge is 0.273 e. The number of carbonyl (C=O) groups excluding carboxylic acids is 1. The molecule has 0 spiro atoms. The lowest BCUT2D eigenvalue weighted by atomic mass is 10.0. The zero-order valence-electron chi connectivity index (χ0n) is 15.2. The van der Waals surface area contributed by atoms with Gasteiger partial charge < -0.3 is 5.32 Å². The number of nitriles is 1. The number of nitro benzene ring substituents is 1. The highest BCUT2D eigenvalue weighted by molar-refractivity contribution is 6.12. The van der Waals surface area contributed by atoms with Crippen molar-refractivity contribution in [2.75, 3.05) is 5.32 Å². The molecule has 1 amide bonds. The van der Waals surface area contributed by atoms with Crippen molar-refractivity contribution >= 4 is 34.1 Å². The van der Waals surface area contributed by atoms with E-state index in [1.165, 1.54) is 12.1 Å². The van der Waals surface area contributed by atoms with Gasteiger partial charge in [0.15, 0.2) is 0 Å². The summed E-state index contributed by atoms with van der Waals surface area (Å²) in [5.74, 6) is -0.568. The molecular weight excluding hydrogens is 354 g/mol. The standard InChI is InChI=1S/C22H17N3O3/c1-2-16-11-10-15(13-21(16)25(27)28)12-18(14-23)22(26)24-20-9-5-7-17-6-3-4-8-19(17)20/h3-13H,2H2,1H3,(H,24,26)/b18-12+. The van der Waals surface area contributed by atoms with Crippen LogP contribution in [-0.2, 0) is 11.2 Å². The van der Waals surface area contributed by atoms with Crippen LogP contribution in [0.3, 0.4) is 0 Å². The van der Waals surface area contributed by atoms with Crippen LogP contribution in [0, 0.1) is 21.4 Å². The third-order valence-corrected chi connectivity index (χ3v) is 4.40. The van der Waals surface area contributed by atoms with Gasteiger partial charge in [-0.2, -0.15) is 5.26 Å². The van der Waals surface area contributed by atoms with Gasteiger partial charge in [-0.25, -0.2) is 0 Å². The first-order chi connectivity index (χ1) is 13.5. The summed E-state index contributed by atoms with van der Waals surface area (Å²) in [6, 6.07) is 19.7. The Kier molecular flexibility index (Phi) is 5.47. The van der Waals surface area contributed by atoms with Crippen LogP contribution < -0.4 is 5.32 Å². The van der Waals surface area contributed by atoms with Gasteiger partial charge in [-0.15, -0.1) is 0 Å². The highest BCUT2D eigenvalue weighted by Crippen LogP contribution is 2.25. The predicted molar refractivity (Wildman–Crippen MR) is 109 cm³/mol. The maximum atomic E-state index is 12.6. The largest absolute Gasteiger partial charge is 0.321 e. The molecule has 0 aliphatic carbocycles. The summed E-state index contributed by atoms with van der Waals surface area (Å²) in [5.41, 5.74) is 1.46. The Morgan fingerprint density at radius 2 is 1.93 bits per heavy atom. The molecule has 28 heavy (non-hydrogen) atoms. The van der Waals surface area contributed by atoms with Gasteiger partial charge in [-0.3, -0.25) is 14.9 Å². The SMILES string of the molecule is CCc1ccc(/C=C(\C#N)C(=O)Nc2cccc3ccccc23)cc1[N+](=O)[O-]. The molecule has 138 valence electrons. The molecule has 0 atom stereocenters. The third-order valence-electron chi connectivity index (χ3n) is 4.40. The van der Waals surface area contributed by atoms with Gasteiger partial charge in [0, 0.05) is 22.7 Å². The van der Waals surface area contributed by atoms with Crippen molar-refractivity contribution in [1.82, 2.24) is 0 Å². The van der Waals surface area contributed by atoms with Gasteiger partial charge in [0.25, 0.3) is 11.6 Å². The molecule has 6 nitrogen and oxygen atoms in total. The van der Waals surface area contributed by atoms with Crippen molar-refractivity contribution in [3.8, 4) is 6.07 Å². The molecule has 0 radical (unpaired) electrons. The lowest BCUT2D eigenvalue weighted by molar-refractivity contribution is -0.385. The highest BCUT2D eigenvalue weighted by atomic mass is 16.6. The van der Waals surface area contributed by atoms with Gasteiger partial charge in [0.2, 0.25) is 0 Å². The Bertz CT molecular complexity index is 1140. The van der Waals surface area contributed by atoms with E-state index in [4.69, 9.17) is 0 Å². The van der Waals surface area contributed by atoms with Crippen molar-refractivity contribution < 1.29 is 9.72 Å². The highest BCUT2D eigenvalue weighted by Gasteiger charge is 2.15. The Hall–Kier alpha value is -3.98. The van der Waals surface area contributed by atoms with E-state index in [2.05, 4.69) is 5.32 Å². The molecule has 0 aliphatic rings. The maximum Gasteiger partial charge on any atom is 0.273 e. The van der Waals surface area contributed by atoms with Gasteiger partial charge in [-0.1, -0.05) is 55.5 Å². The second-order valence-corrected chi connectivity index (χ2v) is 6.15. The Morgan fingerprint density at radius 1 is 1.18 bits per heavy atom. The first-order valence-corrected chi connectivity index (χ1v) is 8.71. The lowest BCUT2D eigenvalue weighted by Gasteiger charge is -2.08. The third kappa shape index (κ3) is 3.89. The van der Waals surface area contributed by atoms with Crippen LogP contribution >= 0.6 is 0 Å². The summed E-state index contributed by atoms with van der Waals surface area (Å²) >= 11 is 0. The van der Waals surface area contributed by atoms with Crippen molar-refractivity contribution in [3.63, 3.8) is 0 Å². The number of nitrogens with one attached hydrogen (secondary N) is 1. The zero-order chi connectivity index (χ0) is 20.1. The number of anilines is 1. The predicted octanol–water partition coefficient (Wildman–Crippen LogP) is 4.86. The van der Waals surface area contributed by atoms with E-state index < -0.39 is 10.8 Å². The molecule has 6 heteroatoms. The minimum atomic E-state index is -0.568. The zero-order valence-corrected chi connectivity index (χ0v) is 15.2. The van der Waals surface area contributed by atoms with E-state index in [1.54, 1.807) is 18.2 Å². The van der Waals surface area contributed by atoms with Crippen molar-refractivity contribution in [2.45, 2.75) is 13.3 Å². The number of carbonyl (C=O) groups is 1. The molecule has 0 aromatic heterocycles. The fraction of sp³-hybridized carbons (Fsp3) is 0.0909. The van der Waals surface area contributed by atoms with Crippen LogP contribution in [0.25, 0.3) is 16.8 Å². The number of rotatable bonds is 5. The first-order valence-electron chi connectivity index (χ1n) is 8.71. The summed E-state index contributed by atoms with van der Waals surface area (Å²) in [6.45, 7) is 1.83. The first kappa shape index (κ1) is 18.8. The second kappa shape index (κ2) is 8.14. The van der Waals surface area contributed by atoms with Crippen LogP contribution in [0.1, 0.15) is 18.1 Å². The number of nitrogens with zero attached hydrogens (tertiary/aromatic N) is 2. The lowest BCUT2D eigenvalue weighted by Crippen LogP contribution is -2.13. The molecule has 1 N–H and O–H groups in total. The maximum absolute atomic E-state index is 12.6. The molecule has 0 saturated heterocycles. The quantitative estimate of drug-likeness (QED) is 0.300. The number of hydrogen-bond acceptors (Lipinski definition) is 4. The fourth-order valence-electron chi connectivity index (χ4n) is 2.98. The number of aryl methyl sites for hydroxylation is 1. The van der Waals surface area contributed by atoms with Gasteiger partial charge >= 0.3 is 0 Å². The summed E-state index contributed by atoms with van der Waals surface area (Å²) in [4.78, 5) is 23.4. The van der Waals surface area contributed by atoms with E-state index in [-0.39, 0.29) is 11.3 Å². The molecule has 0 aliphatic heterocycles. The molecule has 3 aromatic carbocycles. The van der Waals surface area contributed by atoms with E-state index in [9.17, 15) is 20.2 Å². The summed E-state index contributed by atoms with van der Waals surface area (Å²) in [6.07, 6.45) is 1.87. The minimum absolute atomic E-state index is 0.0250. The average molecular weight is 371 g/mol. The minimum Gasteiger partial charge on any atom is -0.321 e. The fourth-order valence-corrected chi connectivity index (χ4v) is 2.98. The molecule has 3 rings (SSSR count). The van der Waals surface area contributed by atoms with Gasteiger partial charge in [0.05, 0.1) is 4.92 Å². The molecule has 0 fully saturated rings. The average Bonchev–Trinajstić information content (AvgIpc) is 2.72. The van der Waals surface area contributed by atoms with Crippen molar-refractivity contribution in [2.24, 2.45) is 0 Å². The molecule has 0 bridgehead atoms. The van der Waals surface area contributed by atoms with Gasteiger partial charge in [-0.05, 0) is 29.5 Å². The summed E-state index contributed by atoms with van der Waals surface area (Å²) in [5, 5.41) is 25.2. The van der Waals surface area contributed by atoms with E-state index in [0.717, 1.165) is 10.8 Å². The Balaban J connectivity index is 1.93. The monoisotopic (exact) mass is 371 g/mol. The number of fused-ring (bicyclic) bond motifs is 1. The Morgan fingerprint density at radius 3 is 2.64 bits per heavy atom. The molecule has 3 aromatic rings. The van der Waals surface area contributed by atoms with Crippen LogP contribution in [0.15, 0.2) is 66.2 Å². The number of amides is 1.